The minimum absolute atomic E-state index is 0.165. The molecule has 0 saturated carbocycles. The number of hydrogen-bond acceptors (Lipinski definition) is 3. The molecule has 1 rings (SSSR count). The van der Waals surface area contributed by atoms with Crippen molar-refractivity contribution in [2.45, 2.75) is 25.9 Å². The average molecular weight is 208 g/mol. The topological polar surface area (TPSA) is 46.5 Å². The standard InChI is InChI=1S/C12H16O3/c1-3-10(13)11(14)8-9-6-4-5-7-12(9)15-2/h4-7,10,13H,3,8H2,1-2H3. The van der Waals surface area contributed by atoms with Crippen molar-refractivity contribution in [3.63, 3.8) is 0 Å². The van der Waals surface area contributed by atoms with Gasteiger partial charge >= 0.3 is 0 Å². The van der Waals surface area contributed by atoms with Crippen molar-refractivity contribution in [2.75, 3.05) is 7.11 Å². The smallest absolute Gasteiger partial charge is 0.165 e. The molecule has 0 heterocycles. The van der Waals surface area contributed by atoms with Crippen LogP contribution in [0.15, 0.2) is 24.3 Å². The molecule has 0 spiro atoms. The van der Waals surface area contributed by atoms with Crippen molar-refractivity contribution in [1.29, 1.82) is 0 Å². The van der Waals surface area contributed by atoms with E-state index in [1.165, 1.54) is 0 Å². The normalized spacial score (nSPS) is 12.2. The molecule has 3 heteroatoms. The Kier molecular flexibility index (Phi) is 4.31. The molecule has 82 valence electrons. The van der Waals surface area contributed by atoms with Gasteiger partial charge in [-0.2, -0.15) is 0 Å². The van der Waals surface area contributed by atoms with E-state index in [2.05, 4.69) is 0 Å². The highest BCUT2D eigenvalue weighted by atomic mass is 16.5. The van der Waals surface area contributed by atoms with Crippen molar-refractivity contribution in [2.24, 2.45) is 0 Å². The summed E-state index contributed by atoms with van der Waals surface area (Å²) in [5.74, 6) is 0.524. The summed E-state index contributed by atoms with van der Waals surface area (Å²) in [5.41, 5.74) is 0.817. The molecule has 0 radical (unpaired) electrons. The molecule has 1 unspecified atom stereocenters. The molecule has 1 atom stereocenters. The van der Waals surface area contributed by atoms with Gasteiger partial charge in [0, 0.05) is 12.0 Å². The third-order valence-electron chi connectivity index (χ3n) is 2.32. The van der Waals surface area contributed by atoms with Crippen LogP contribution in [0, 0.1) is 0 Å². The summed E-state index contributed by atoms with van der Waals surface area (Å²) in [7, 11) is 1.57. The van der Waals surface area contributed by atoms with Crippen LogP contribution in [0.3, 0.4) is 0 Å². The zero-order valence-corrected chi connectivity index (χ0v) is 9.06. The van der Waals surface area contributed by atoms with E-state index in [0.29, 0.717) is 12.2 Å². The van der Waals surface area contributed by atoms with Crippen molar-refractivity contribution in [1.82, 2.24) is 0 Å². The Hall–Kier alpha value is -1.35. The molecule has 1 aromatic rings. The molecule has 0 amide bonds. The van der Waals surface area contributed by atoms with E-state index in [-0.39, 0.29) is 12.2 Å². The van der Waals surface area contributed by atoms with Gasteiger partial charge < -0.3 is 9.84 Å². The first kappa shape index (κ1) is 11.7. The number of aliphatic hydroxyl groups excluding tert-OH is 1. The molecular weight excluding hydrogens is 192 g/mol. The number of rotatable bonds is 5. The maximum absolute atomic E-state index is 11.5. The Labute approximate surface area is 89.7 Å². The first-order valence-corrected chi connectivity index (χ1v) is 5.01. The lowest BCUT2D eigenvalue weighted by Gasteiger charge is -2.09. The monoisotopic (exact) mass is 208 g/mol. The third kappa shape index (κ3) is 3.06. The number of carbonyl (C=O) groups excluding carboxylic acids is 1. The second-order valence-corrected chi connectivity index (χ2v) is 3.38. The Morgan fingerprint density at radius 3 is 2.73 bits per heavy atom. The minimum Gasteiger partial charge on any atom is -0.496 e. The Morgan fingerprint density at radius 1 is 1.47 bits per heavy atom. The summed E-state index contributed by atoms with van der Waals surface area (Å²) in [6.07, 6.45) is -0.192. The third-order valence-corrected chi connectivity index (χ3v) is 2.32. The van der Waals surface area contributed by atoms with Crippen molar-refractivity contribution < 1.29 is 14.6 Å². The van der Waals surface area contributed by atoms with Crippen LogP contribution in [0.2, 0.25) is 0 Å². The van der Waals surface area contributed by atoms with Crippen molar-refractivity contribution >= 4 is 5.78 Å². The SMILES string of the molecule is CCC(O)C(=O)Cc1ccccc1OC. The molecular formula is C12H16O3. The fourth-order valence-electron chi connectivity index (χ4n) is 1.38. The summed E-state index contributed by atoms with van der Waals surface area (Å²) in [4.78, 5) is 11.5. The number of methoxy groups -OCH3 is 1. The van der Waals surface area contributed by atoms with Gasteiger partial charge in [-0.25, -0.2) is 0 Å². The van der Waals surface area contributed by atoms with Crippen LogP contribution < -0.4 is 4.74 Å². The van der Waals surface area contributed by atoms with E-state index < -0.39 is 6.10 Å². The van der Waals surface area contributed by atoms with E-state index in [1.54, 1.807) is 20.1 Å². The van der Waals surface area contributed by atoms with E-state index >= 15 is 0 Å². The summed E-state index contributed by atoms with van der Waals surface area (Å²) in [6, 6.07) is 7.34. The van der Waals surface area contributed by atoms with Gasteiger partial charge in [-0.3, -0.25) is 4.79 Å². The highest BCUT2D eigenvalue weighted by Crippen LogP contribution is 2.18. The molecule has 15 heavy (non-hydrogen) atoms. The predicted octanol–water partition coefficient (Wildman–Crippen LogP) is 1.58. The molecule has 0 saturated heterocycles. The van der Waals surface area contributed by atoms with Crippen molar-refractivity contribution in [3.8, 4) is 5.75 Å². The maximum atomic E-state index is 11.5. The molecule has 0 fully saturated rings. The van der Waals surface area contributed by atoms with Gasteiger partial charge in [0.15, 0.2) is 5.78 Å². The minimum atomic E-state index is -0.866. The highest BCUT2D eigenvalue weighted by Gasteiger charge is 2.14. The molecule has 0 aromatic heterocycles. The van der Waals surface area contributed by atoms with Crippen LogP contribution >= 0.6 is 0 Å². The number of carbonyl (C=O) groups is 1. The van der Waals surface area contributed by atoms with E-state index in [0.717, 1.165) is 5.56 Å². The van der Waals surface area contributed by atoms with Crippen LogP contribution in [0.1, 0.15) is 18.9 Å². The molecule has 0 aliphatic rings. The lowest BCUT2D eigenvalue weighted by molar-refractivity contribution is -0.126. The molecule has 3 nitrogen and oxygen atoms in total. The van der Waals surface area contributed by atoms with Crippen LogP contribution in [0.25, 0.3) is 0 Å². The second-order valence-electron chi connectivity index (χ2n) is 3.38. The fourth-order valence-corrected chi connectivity index (χ4v) is 1.38. The summed E-state index contributed by atoms with van der Waals surface area (Å²) < 4.78 is 5.13. The number of hydrogen-bond donors (Lipinski definition) is 1. The second kappa shape index (κ2) is 5.51. The maximum Gasteiger partial charge on any atom is 0.165 e. The molecule has 0 bridgehead atoms. The Bertz CT molecular complexity index is 333. The van der Waals surface area contributed by atoms with Gasteiger partial charge in [0.1, 0.15) is 11.9 Å². The van der Waals surface area contributed by atoms with Crippen LogP contribution in [0.5, 0.6) is 5.75 Å². The number of ketones is 1. The number of para-hydroxylation sites is 1. The lowest BCUT2D eigenvalue weighted by Crippen LogP contribution is -2.21. The van der Waals surface area contributed by atoms with E-state index in [9.17, 15) is 9.90 Å². The molecule has 1 aromatic carbocycles. The number of benzene rings is 1. The first-order chi connectivity index (χ1) is 7.19. The lowest BCUT2D eigenvalue weighted by atomic mass is 10.0. The van der Waals surface area contributed by atoms with Crippen LogP contribution in [-0.2, 0) is 11.2 Å². The molecule has 0 aliphatic heterocycles. The van der Waals surface area contributed by atoms with E-state index in [1.807, 2.05) is 18.2 Å². The Balaban J connectivity index is 2.76. The zero-order chi connectivity index (χ0) is 11.3. The number of ether oxygens (including phenoxy) is 1. The van der Waals surface area contributed by atoms with Crippen LogP contribution in [0.4, 0.5) is 0 Å². The zero-order valence-electron chi connectivity index (χ0n) is 9.06. The first-order valence-electron chi connectivity index (χ1n) is 5.01. The molecule has 1 N–H and O–H groups in total. The van der Waals surface area contributed by atoms with Gasteiger partial charge in [-0.15, -0.1) is 0 Å². The van der Waals surface area contributed by atoms with Gasteiger partial charge in [-0.05, 0) is 12.5 Å². The van der Waals surface area contributed by atoms with Crippen molar-refractivity contribution in [3.05, 3.63) is 29.8 Å². The summed E-state index contributed by atoms with van der Waals surface area (Å²) in [5, 5.41) is 9.36. The fraction of sp³-hybridized carbons (Fsp3) is 0.417. The van der Waals surface area contributed by atoms with E-state index in [4.69, 9.17) is 4.74 Å². The largest absolute Gasteiger partial charge is 0.496 e. The summed E-state index contributed by atoms with van der Waals surface area (Å²) in [6.45, 7) is 1.78. The summed E-state index contributed by atoms with van der Waals surface area (Å²) >= 11 is 0. The molecule has 0 aliphatic carbocycles. The quantitative estimate of drug-likeness (QED) is 0.799. The number of Topliss-reactive ketones (excluding diaryl/α,β-unsaturated/α-hetero) is 1. The number of aliphatic hydroxyl groups is 1. The van der Waals surface area contributed by atoms with Gasteiger partial charge in [0.05, 0.1) is 7.11 Å². The highest BCUT2D eigenvalue weighted by molar-refractivity contribution is 5.85. The average Bonchev–Trinajstić information content (AvgIpc) is 2.28. The van der Waals surface area contributed by atoms with Gasteiger partial charge in [0.2, 0.25) is 0 Å². The predicted molar refractivity (Wildman–Crippen MR) is 58.0 cm³/mol. The Morgan fingerprint density at radius 2 is 2.13 bits per heavy atom. The van der Waals surface area contributed by atoms with Gasteiger partial charge in [0.25, 0.3) is 0 Å². The van der Waals surface area contributed by atoms with Crippen LogP contribution in [-0.4, -0.2) is 24.1 Å². The van der Waals surface area contributed by atoms with Gasteiger partial charge in [-0.1, -0.05) is 25.1 Å².